The van der Waals surface area contributed by atoms with Gasteiger partial charge >= 0.3 is 0 Å². The molecule has 106 valence electrons. The van der Waals surface area contributed by atoms with Crippen molar-refractivity contribution in [3.05, 3.63) is 46.3 Å². The van der Waals surface area contributed by atoms with E-state index in [1.54, 1.807) is 0 Å². The molecule has 1 fully saturated rings. The van der Waals surface area contributed by atoms with Crippen LogP contribution in [0.15, 0.2) is 39.3 Å². The first-order valence-corrected chi connectivity index (χ1v) is 7.65. The number of nitrogens with zero attached hydrogens (tertiary/aromatic N) is 3. The molecule has 0 radical (unpaired) electrons. The Labute approximate surface area is 127 Å². The summed E-state index contributed by atoms with van der Waals surface area (Å²) in [5.74, 6) is 0.883. The molecule has 0 unspecified atom stereocenters. The summed E-state index contributed by atoms with van der Waals surface area (Å²) in [6.07, 6.45) is 0. The van der Waals surface area contributed by atoms with Gasteiger partial charge in [0.2, 0.25) is 0 Å². The quantitative estimate of drug-likeness (QED) is 0.862. The van der Waals surface area contributed by atoms with Crippen molar-refractivity contribution in [1.29, 1.82) is 0 Å². The summed E-state index contributed by atoms with van der Waals surface area (Å²) in [6.45, 7) is 7.04. The molecule has 0 N–H and O–H groups in total. The lowest BCUT2D eigenvalue weighted by Gasteiger charge is -2.35. The second-order valence-corrected chi connectivity index (χ2v) is 6.08. The van der Waals surface area contributed by atoms with Crippen molar-refractivity contribution >= 4 is 21.6 Å². The average molecular weight is 336 g/mol. The summed E-state index contributed by atoms with van der Waals surface area (Å²) in [5.41, 5.74) is 2.32. The maximum atomic E-state index is 5.12. The van der Waals surface area contributed by atoms with Gasteiger partial charge in [-0.25, -0.2) is 0 Å². The summed E-state index contributed by atoms with van der Waals surface area (Å²) < 4.78 is 6.24. The largest absolute Gasteiger partial charge is 0.369 e. The van der Waals surface area contributed by atoms with Crippen molar-refractivity contribution in [3.63, 3.8) is 0 Å². The lowest BCUT2D eigenvalue weighted by atomic mass is 10.2. The van der Waals surface area contributed by atoms with E-state index in [1.807, 2.05) is 13.0 Å². The van der Waals surface area contributed by atoms with Crippen LogP contribution in [-0.4, -0.2) is 36.2 Å². The molecule has 3 rings (SSSR count). The fourth-order valence-corrected chi connectivity index (χ4v) is 2.80. The monoisotopic (exact) mass is 335 g/mol. The number of anilines is 1. The van der Waals surface area contributed by atoms with Gasteiger partial charge in [0.25, 0.3) is 0 Å². The molecule has 1 aliphatic heterocycles. The van der Waals surface area contributed by atoms with Crippen LogP contribution in [0, 0.1) is 6.92 Å². The van der Waals surface area contributed by atoms with Gasteiger partial charge in [0.05, 0.1) is 5.69 Å². The fourth-order valence-electron chi connectivity index (χ4n) is 2.54. The normalized spacial score (nSPS) is 16.6. The van der Waals surface area contributed by atoms with Gasteiger partial charge in [-0.05, 0) is 31.2 Å². The second kappa shape index (κ2) is 5.97. The molecule has 1 saturated heterocycles. The maximum Gasteiger partial charge on any atom is 0.133 e. The Kier molecular flexibility index (Phi) is 4.08. The molecule has 2 aromatic rings. The first kappa shape index (κ1) is 13.6. The van der Waals surface area contributed by atoms with Crippen LogP contribution in [-0.2, 0) is 6.54 Å². The van der Waals surface area contributed by atoms with Crippen LogP contribution in [0.3, 0.4) is 0 Å². The van der Waals surface area contributed by atoms with Gasteiger partial charge < -0.3 is 9.42 Å². The zero-order valence-corrected chi connectivity index (χ0v) is 13.1. The first-order chi connectivity index (χ1) is 9.70. The molecule has 0 spiro atoms. The molecule has 0 atom stereocenters. The van der Waals surface area contributed by atoms with E-state index in [0.29, 0.717) is 0 Å². The van der Waals surface area contributed by atoms with Gasteiger partial charge in [-0.3, -0.25) is 4.90 Å². The van der Waals surface area contributed by atoms with E-state index in [4.69, 9.17) is 4.52 Å². The number of aryl methyl sites for hydroxylation is 1. The van der Waals surface area contributed by atoms with E-state index < -0.39 is 0 Å². The molecule has 0 aliphatic carbocycles. The van der Waals surface area contributed by atoms with Crippen LogP contribution in [0.4, 0.5) is 5.69 Å². The van der Waals surface area contributed by atoms with Crippen molar-refractivity contribution in [2.75, 3.05) is 31.1 Å². The summed E-state index contributed by atoms with van der Waals surface area (Å²) >= 11 is 3.48. The Morgan fingerprint density at radius 2 is 1.85 bits per heavy atom. The zero-order valence-electron chi connectivity index (χ0n) is 11.6. The lowest BCUT2D eigenvalue weighted by molar-refractivity contribution is 0.242. The Morgan fingerprint density at radius 1 is 1.15 bits per heavy atom. The molecule has 0 bridgehead atoms. The molecule has 0 saturated carbocycles. The van der Waals surface area contributed by atoms with Crippen molar-refractivity contribution in [3.8, 4) is 0 Å². The van der Waals surface area contributed by atoms with Crippen molar-refractivity contribution in [2.45, 2.75) is 13.5 Å². The van der Waals surface area contributed by atoms with E-state index >= 15 is 0 Å². The minimum atomic E-state index is 0.880. The molecule has 1 aromatic carbocycles. The molecule has 2 heterocycles. The molecule has 20 heavy (non-hydrogen) atoms. The van der Waals surface area contributed by atoms with Crippen LogP contribution in [0.2, 0.25) is 0 Å². The highest BCUT2D eigenvalue weighted by molar-refractivity contribution is 9.10. The third-order valence-electron chi connectivity index (χ3n) is 3.63. The Morgan fingerprint density at radius 3 is 2.45 bits per heavy atom. The molecule has 0 amide bonds. The van der Waals surface area contributed by atoms with Gasteiger partial charge in [0.15, 0.2) is 0 Å². The van der Waals surface area contributed by atoms with E-state index in [9.17, 15) is 0 Å². The minimum absolute atomic E-state index is 0.880. The van der Waals surface area contributed by atoms with Crippen LogP contribution in [0.25, 0.3) is 0 Å². The van der Waals surface area contributed by atoms with Crippen LogP contribution in [0.5, 0.6) is 0 Å². The van der Waals surface area contributed by atoms with E-state index in [0.717, 1.165) is 48.7 Å². The molecule has 1 aliphatic rings. The summed E-state index contributed by atoms with van der Waals surface area (Å²) in [4.78, 5) is 4.85. The van der Waals surface area contributed by atoms with E-state index in [2.05, 4.69) is 55.2 Å². The molecule has 4 nitrogen and oxygen atoms in total. The van der Waals surface area contributed by atoms with Crippen molar-refractivity contribution < 1.29 is 4.52 Å². The zero-order chi connectivity index (χ0) is 13.9. The number of halogens is 1. The molecule has 5 heteroatoms. The number of benzene rings is 1. The summed E-state index contributed by atoms with van der Waals surface area (Å²) in [5, 5.41) is 4.06. The van der Waals surface area contributed by atoms with Gasteiger partial charge in [0, 0.05) is 49.0 Å². The number of piperazine rings is 1. The number of aromatic nitrogens is 1. The Hall–Kier alpha value is -1.33. The lowest BCUT2D eigenvalue weighted by Crippen LogP contribution is -2.46. The highest BCUT2D eigenvalue weighted by atomic mass is 79.9. The molecular formula is C15H18BrN3O. The average Bonchev–Trinajstić information content (AvgIpc) is 2.86. The maximum absolute atomic E-state index is 5.12. The third-order valence-corrected chi connectivity index (χ3v) is 4.16. The van der Waals surface area contributed by atoms with Crippen LogP contribution in [0.1, 0.15) is 11.5 Å². The summed E-state index contributed by atoms with van der Waals surface area (Å²) in [7, 11) is 0. The number of rotatable bonds is 3. The van der Waals surface area contributed by atoms with Crippen LogP contribution >= 0.6 is 15.9 Å². The van der Waals surface area contributed by atoms with Crippen molar-refractivity contribution in [2.24, 2.45) is 0 Å². The highest BCUT2D eigenvalue weighted by Crippen LogP contribution is 2.20. The third kappa shape index (κ3) is 3.22. The fraction of sp³-hybridized carbons (Fsp3) is 0.400. The van der Waals surface area contributed by atoms with Crippen molar-refractivity contribution in [1.82, 2.24) is 10.1 Å². The SMILES string of the molecule is Cc1cc(CN2CCN(c3ccc(Br)cc3)CC2)no1. The smallest absolute Gasteiger partial charge is 0.133 e. The van der Waals surface area contributed by atoms with Gasteiger partial charge in [-0.1, -0.05) is 21.1 Å². The van der Waals surface area contributed by atoms with Gasteiger partial charge in [0.1, 0.15) is 5.76 Å². The second-order valence-electron chi connectivity index (χ2n) is 5.17. The predicted molar refractivity (Wildman–Crippen MR) is 82.9 cm³/mol. The van der Waals surface area contributed by atoms with Gasteiger partial charge in [-0.15, -0.1) is 0 Å². The summed E-state index contributed by atoms with van der Waals surface area (Å²) in [6, 6.07) is 10.5. The van der Waals surface area contributed by atoms with E-state index in [-0.39, 0.29) is 0 Å². The molecular weight excluding hydrogens is 318 g/mol. The number of hydrogen-bond acceptors (Lipinski definition) is 4. The Bertz CT molecular complexity index is 559. The number of hydrogen-bond donors (Lipinski definition) is 0. The Balaban J connectivity index is 1.55. The highest BCUT2D eigenvalue weighted by Gasteiger charge is 2.18. The first-order valence-electron chi connectivity index (χ1n) is 6.86. The van der Waals surface area contributed by atoms with E-state index in [1.165, 1.54) is 5.69 Å². The predicted octanol–water partition coefficient (Wildman–Crippen LogP) is 3.07. The van der Waals surface area contributed by atoms with Crippen LogP contribution < -0.4 is 4.90 Å². The molecule has 1 aromatic heterocycles. The minimum Gasteiger partial charge on any atom is -0.369 e. The standard InChI is InChI=1S/C15H18BrN3O/c1-12-10-14(17-20-12)11-18-6-8-19(9-7-18)15-4-2-13(16)3-5-15/h2-5,10H,6-9,11H2,1H3. The van der Waals surface area contributed by atoms with Gasteiger partial charge in [-0.2, -0.15) is 0 Å². The topological polar surface area (TPSA) is 32.5 Å².